The Hall–Kier alpha value is 0.140. The van der Waals surface area contributed by atoms with E-state index in [0.717, 1.165) is 17.8 Å². The van der Waals surface area contributed by atoms with Gasteiger partial charge in [0.1, 0.15) is 0 Å². The van der Waals surface area contributed by atoms with Gasteiger partial charge >= 0.3 is 0 Å². The Bertz CT molecular complexity index is 381. The summed E-state index contributed by atoms with van der Waals surface area (Å²) in [4.78, 5) is 2.73. The SMILES string of the molecule is Cc1sc(C(N)C2CC3CCC2C3)cc1Br. The third-order valence-corrected chi connectivity index (χ3v) is 6.70. The van der Waals surface area contributed by atoms with E-state index in [0.29, 0.717) is 0 Å². The number of rotatable bonds is 2. The number of hydrogen-bond acceptors (Lipinski definition) is 2. The molecule has 88 valence electrons. The van der Waals surface area contributed by atoms with E-state index < -0.39 is 0 Å². The second-order valence-corrected chi connectivity index (χ2v) is 7.56. The van der Waals surface area contributed by atoms with Gasteiger partial charge < -0.3 is 5.73 Å². The first-order chi connectivity index (χ1) is 7.65. The van der Waals surface area contributed by atoms with Gasteiger partial charge in [-0.1, -0.05) is 6.42 Å². The van der Waals surface area contributed by atoms with Crippen LogP contribution in [0.4, 0.5) is 0 Å². The number of hydrogen-bond donors (Lipinski definition) is 1. The van der Waals surface area contributed by atoms with Crippen molar-refractivity contribution in [2.24, 2.45) is 23.5 Å². The summed E-state index contributed by atoms with van der Waals surface area (Å²) in [7, 11) is 0. The van der Waals surface area contributed by atoms with Gasteiger partial charge in [-0.2, -0.15) is 0 Å². The Balaban J connectivity index is 1.80. The van der Waals surface area contributed by atoms with Crippen molar-refractivity contribution in [2.45, 2.75) is 38.6 Å². The quantitative estimate of drug-likeness (QED) is 0.868. The molecule has 0 aliphatic heterocycles. The summed E-state index contributed by atoms with van der Waals surface area (Å²) in [5, 5.41) is 0. The van der Waals surface area contributed by atoms with E-state index in [1.165, 1.54) is 39.9 Å². The highest BCUT2D eigenvalue weighted by Crippen LogP contribution is 2.52. The van der Waals surface area contributed by atoms with Crippen LogP contribution in [0.25, 0.3) is 0 Å². The normalized spacial score (nSPS) is 34.6. The van der Waals surface area contributed by atoms with E-state index in [1.807, 2.05) is 11.3 Å². The van der Waals surface area contributed by atoms with E-state index >= 15 is 0 Å². The molecular weight excluding hydrogens is 282 g/mol. The summed E-state index contributed by atoms with van der Waals surface area (Å²) < 4.78 is 1.23. The molecule has 1 aromatic rings. The highest BCUT2D eigenvalue weighted by molar-refractivity contribution is 9.10. The zero-order chi connectivity index (χ0) is 11.3. The molecule has 4 atom stereocenters. The lowest BCUT2D eigenvalue weighted by Crippen LogP contribution is -2.25. The van der Waals surface area contributed by atoms with Crippen molar-refractivity contribution in [3.63, 3.8) is 0 Å². The Labute approximate surface area is 110 Å². The second kappa shape index (κ2) is 4.11. The Kier molecular flexibility index (Phi) is 2.89. The van der Waals surface area contributed by atoms with Gasteiger partial charge in [-0.15, -0.1) is 11.3 Å². The van der Waals surface area contributed by atoms with Gasteiger partial charge in [0.25, 0.3) is 0 Å². The molecule has 3 heteroatoms. The summed E-state index contributed by atoms with van der Waals surface area (Å²) in [6, 6.07) is 2.52. The molecule has 0 aromatic carbocycles. The molecule has 2 aliphatic carbocycles. The van der Waals surface area contributed by atoms with Crippen LogP contribution in [0.5, 0.6) is 0 Å². The summed E-state index contributed by atoms with van der Waals surface area (Å²) >= 11 is 5.45. The third-order valence-electron chi connectivity index (χ3n) is 4.46. The lowest BCUT2D eigenvalue weighted by molar-refractivity contribution is 0.287. The number of nitrogens with two attached hydrogens (primary N) is 1. The molecule has 0 spiro atoms. The van der Waals surface area contributed by atoms with Crippen molar-refractivity contribution in [1.29, 1.82) is 0 Å². The van der Waals surface area contributed by atoms with Crippen molar-refractivity contribution in [2.75, 3.05) is 0 Å². The van der Waals surface area contributed by atoms with Crippen molar-refractivity contribution < 1.29 is 0 Å². The molecule has 2 N–H and O–H groups in total. The van der Waals surface area contributed by atoms with Gasteiger partial charge in [-0.05, 0) is 65.9 Å². The minimum Gasteiger partial charge on any atom is -0.323 e. The van der Waals surface area contributed by atoms with E-state index in [-0.39, 0.29) is 6.04 Å². The van der Waals surface area contributed by atoms with E-state index in [1.54, 1.807) is 0 Å². The zero-order valence-electron chi connectivity index (χ0n) is 9.58. The predicted molar refractivity (Wildman–Crippen MR) is 72.6 cm³/mol. The summed E-state index contributed by atoms with van der Waals surface area (Å²) in [5.74, 6) is 2.66. The first-order valence-corrected chi connectivity index (χ1v) is 7.77. The molecule has 0 saturated heterocycles. The largest absolute Gasteiger partial charge is 0.323 e. The van der Waals surface area contributed by atoms with E-state index in [2.05, 4.69) is 28.9 Å². The summed E-state index contributed by atoms with van der Waals surface area (Å²) in [6.45, 7) is 2.16. The smallest absolute Gasteiger partial charge is 0.0421 e. The lowest BCUT2D eigenvalue weighted by Gasteiger charge is -2.26. The van der Waals surface area contributed by atoms with Crippen molar-refractivity contribution in [3.8, 4) is 0 Å². The summed E-state index contributed by atoms with van der Waals surface area (Å²) in [6.07, 6.45) is 5.71. The predicted octanol–water partition coefficient (Wildman–Crippen LogP) is 4.26. The first-order valence-electron chi connectivity index (χ1n) is 6.16. The Morgan fingerprint density at radius 1 is 1.44 bits per heavy atom. The van der Waals surface area contributed by atoms with E-state index in [9.17, 15) is 0 Å². The van der Waals surface area contributed by atoms with Crippen LogP contribution in [-0.4, -0.2) is 0 Å². The molecule has 16 heavy (non-hydrogen) atoms. The molecule has 1 nitrogen and oxygen atoms in total. The fraction of sp³-hybridized carbons (Fsp3) is 0.692. The minimum absolute atomic E-state index is 0.283. The molecule has 4 unspecified atom stereocenters. The van der Waals surface area contributed by atoms with Gasteiger partial charge in [-0.25, -0.2) is 0 Å². The van der Waals surface area contributed by atoms with E-state index in [4.69, 9.17) is 5.73 Å². The van der Waals surface area contributed by atoms with Gasteiger partial charge in [-0.3, -0.25) is 0 Å². The van der Waals surface area contributed by atoms with Crippen LogP contribution in [-0.2, 0) is 0 Å². The molecular formula is C13H18BrNS. The molecule has 2 bridgehead atoms. The Morgan fingerprint density at radius 2 is 2.25 bits per heavy atom. The molecule has 2 saturated carbocycles. The Morgan fingerprint density at radius 3 is 2.75 bits per heavy atom. The number of thiophene rings is 1. The third kappa shape index (κ3) is 1.77. The van der Waals surface area contributed by atoms with Crippen molar-refractivity contribution in [3.05, 3.63) is 20.3 Å². The van der Waals surface area contributed by atoms with Crippen LogP contribution < -0.4 is 5.73 Å². The lowest BCUT2D eigenvalue weighted by atomic mass is 9.83. The standard InChI is InChI=1S/C13H18BrNS/c1-7-11(14)6-12(16-7)13(15)10-5-8-2-3-9(10)4-8/h6,8-10,13H,2-5,15H2,1H3. The monoisotopic (exact) mass is 299 g/mol. The van der Waals surface area contributed by atoms with Crippen LogP contribution in [0.3, 0.4) is 0 Å². The number of halogens is 1. The molecule has 0 radical (unpaired) electrons. The fourth-order valence-electron chi connectivity index (χ4n) is 3.59. The fourth-order valence-corrected chi connectivity index (χ4v) is 5.23. The topological polar surface area (TPSA) is 26.0 Å². The molecule has 1 heterocycles. The van der Waals surface area contributed by atoms with Crippen LogP contribution in [0, 0.1) is 24.7 Å². The van der Waals surface area contributed by atoms with Crippen LogP contribution in [0.1, 0.15) is 41.5 Å². The highest BCUT2D eigenvalue weighted by Gasteiger charge is 2.42. The highest BCUT2D eigenvalue weighted by atomic mass is 79.9. The maximum Gasteiger partial charge on any atom is 0.0421 e. The maximum atomic E-state index is 6.46. The maximum absolute atomic E-state index is 6.46. The second-order valence-electron chi connectivity index (χ2n) is 5.42. The van der Waals surface area contributed by atoms with Crippen molar-refractivity contribution in [1.82, 2.24) is 0 Å². The van der Waals surface area contributed by atoms with Crippen LogP contribution in [0.15, 0.2) is 10.5 Å². The molecule has 0 amide bonds. The first kappa shape index (κ1) is 11.2. The van der Waals surface area contributed by atoms with Gasteiger partial charge in [0.15, 0.2) is 0 Å². The summed E-state index contributed by atoms with van der Waals surface area (Å²) in [5.41, 5.74) is 6.46. The average molecular weight is 300 g/mol. The van der Waals surface area contributed by atoms with Gasteiger partial charge in [0.2, 0.25) is 0 Å². The van der Waals surface area contributed by atoms with Gasteiger partial charge in [0.05, 0.1) is 0 Å². The van der Waals surface area contributed by atoms with Crippen molar-refractivity contribution >= 4 is 27.3 Å². The molecule has 1 aromatic heterocycles. The number of aryl methyl sites for hydroxylation is 1. The van der Waals surface area contributed by atoms with Crippen LogP contribution >= 0.6 is 27.3 Å². The molecule has 2 fully saturated rings. The zero-order valence-corrected chi connectivity index (χ0v) is 12.0. The number of fused-ring (bicyclic) bond motifs is 2. The molecule has 2 aliphatic rings. The molecule has 3 rings (SSSR count). The van der Waals surface area contributed by atoms with Gasteiger partial charge in [0, 0.05) is 20.3 Å². The minimum atomic E-state index is 0.283. The average Bonchev–Trinajstić information content (AvgIpc) is 2.94. The van der Waals surface area contributed by atoms with Crippen LogP contribution in [0.2, 0.25) is 0 Å².